The van der Waals surface area contributed by atoms with E-state index in [-0.39, 0.29) is 11.9 Å². The van der Waals surface area contributed by atoms with Crippen LogP contribution in [0.5, 0.6) is 5.75 Å². The van der Waals surface area contributed by atoms with E-state index in [2.05, 4.69) is 45.2 Å². The van der Waals surface area contributed by atoms with Gasteiger partial charge in [0.2, 0.25) is 11.1 Å². The molecule has 1 aliphatic heterocycles. The van der Waals surface area contributed by atoms with E-state index in [4.69, 9.17) is 4.74 Å². The summed E-state index contributed by atoms with van der Waals surface area (Å²) < 4.78 is 7.16. The number of carbonyl (C=O) groups is 1. The fraction of sp³-hybridized carbons (Fsp3) is 0.160. The van der Waals surface area contributed by atoms with Crippen LogP contribution in [0, 0.1) is 6.92 Å². The Morgan fingerprint density at radius 1 is 1.03 bits per heavy atom. The van der Waals surface area contributed by atoms with Gasteiger partial charge in [0.15, 0.2) is 5.82 Å². The van der Waals surface area contributed by atoms with Crippen LogP contribution >= 0.6 is 11.8 Å². The lowest BCUT2D eigenvalue weighted by atomic mass is 10.0. The molecule has 1 amide bonds. The second kappa shape index (κ2) is 8.99. The minimum Gasteiger partial charge on any atom is -0.497 e. The lowest BCUT2D eigenvalue weighted by molar-refractivity contribution is -0.116. The Morgan fingerprint density at radius 2 is 1.82 bits per heavy atom. The number of amides is 1. The number of hydrogen-bond donors (Lipinski definition) is 2. The van der Waals surface area contributed by atoms with Crippen molar-refractivity contribution in [1.29, 1.82) is 0 Å². The largest absolute Gasteiger partial charge is 0.497 e. The van der Waals surface area contributed by atoms with E-state index in [0.29, 0.717) is 22.4 Å². The van der Waals surface area contributed by atoms with Gasteiger partial charge >= 0.3 is 0 Å². The van der Waals surface area contributed by atoms with Gasteiger partial charge in [-0.1, -0.05) is 78.0 Å². The normalized spacial score (nSPS) is 17.0. The number of benzene rings is 3. The Labute approximate surface area is 196 Å². The van der Waals surface area contributed by atoms with Crippen LogP contribution in [0.25, 0.3) is 11.4 Å². The number of anilines is 1. The first-order valence-electron chi connectivity index (χ1n) is 10.6. The van der Waals surface area contributed by atoms with Gasteiger partial charge in [0, 0.05) is 17.3 Å². The number of aryl methyl sites for hydroxylation is 1. The molecule has 0 fully saturated rings. The lowest BCUT2D eigenvalue weighted by Crippen LogP contribution is -2.41. The van der Waals surface area contributed by atoms with Crippen LogP contribution in [0.15, 0.2) is 84.0 Å². The average Bonchev–Trinajstić information content (AvgIpc) is 3.27. The third-order valence-electron chi connectivity index (χ3n) is 5.50. The van der Waals surface area contributed by atoms with Gasteiger partial charge in [-0.3, -0.25) is 4.79 Å². The molecule has 166 valence electrons. The minimum absolute atomic E-state index is 0.123. The molecule has 2 heterocycles. The molecule has 0 saturated carbocycles. The van der Waals surface area contributed by atoms with Gasteiger partial charge in [-0.05, 0) is 24.6 Å². The number of thioether (sulfide) groups is 1. The predicted octanol–water partition coefficient (Wildman–Crippen LogP) is 4.66. The average molecular weight is 458 g/mol. The molecule has 5 rings (SSSR count). The number of ether oxygens (including phenoxy) is 1. The zero-order chi connectivity index (χ0) is 22.8. The summed E-state index contributed by atoms with van der Waals surface area (Å²) in [7, 11) is 1.60. The molecular formula is C25H23N5O2S. The quantitative estimate of drug-likeness (QED) is 0.454. The van der Waals surface area contributed by atoms with Gasteiger partial charge in [0.25, 0.3) is 0 Å². The molecule has 0 saturated heterocycles. The highest BCUT2D eigenvalue weighted by Gasteiger charge is 2.38. The summed E-state index contributed by atoms with van der Waals surface area (Å²) in [5, 5.41) is 12.0. The van der Waals surface area contributed by atoms with E-state index in [1.807, 2.05) is 60.1 Å². The van der Waals surface area contributed by atoms with E-state index in [0.717, 1.165) is 16.7 Å². The first-order chi connectivity index (χ1) is 16.1. The van der Waals surface area contributed by atoms with Crippen molar-refractivity contribution < 1.29 is 9.53 Å². The van der Waals surface area contributed by atoms with Crippen molar-refractivity contribution in [2.75, 3.05) is 17.9 Å². The molecule has 0 radical (unpaired) electrons. The number of nitrogens with zero attached hydrogens (tertiary/aromatic N) is 3. The third kappa shape index (κ3) is 4.29. The first-order valence-corrected chi connectivity index (χ1v) is 11.5. The Kier molecular flexibility index (Phi) is 5.75. The predicted molar refractivity (Wildman–Crippen MR) is 130 cm³/mol. The molecular weight excluding hydrogens is 434 g/mol. The third-order valence-corrected chi connectivity index (χ3v) is 6.72. The Balaban J connectivity index is 1.50. The van der Waals surface area contributed by atoms with Gasteiger partial charge in [0.1, 0.15) is 11.0 Å². The van der Waals surface area contributed by atoms with Crippen LogP contribution < -0.4 is 15.5 Å². The van der Waals surface area contributed by atoms with Crippen molar-refractivity contribution in [3.8, 4) is 17.1 Å². The number of rotatable bonds is 5. The van der Waals surface area contributed by atoms with Crippen LogP contribution in [-0.2, 0) is 4.79 Å². The number of fused-ring (bicyclic) bond motifs is 1. The van der Waals surface area contributed by atoms with Gasteiger partial charge in [0.05, 0.1) is 13.2 Å². The standard InChI is InChI=1S/C25H23N5O2S/c1-16-11-13-17(14-12-16)21-22(24(31)26-19-9-6-10-20(15-19)32-2)33-25-28-27-23(30(25)29-21)18-7-4-3-5-8-18/h3-15,21-22,29H,1-2H3,(H,26,31)/t21-,22+/m0/s1. The fourth-order valence-corrected chi connectivity index (χ4v) is 4.85. The second-order valence-corrected chi connectivity index (χ2v) is 8.89. The maximum absolute atomic E-state index is 13.4. The van der Waals surface area contributed by atoms with E-state index in [9.17, 15) is 4.79 Å². The molecule has 8 heteroatoms. The molecule has 0 bridgehead atoms. The molecule has 0 spiro atoms. The monoisotopic (exact) mass is 457 g/mol. The van der Waals surface area contributed by atoms with Crippen LogP contribution in [0.3, 0.4) is 0 Å². The number of nitrogens with one attached hydrogen (secondary N) is 2. The van der Waals surface area contributed by atoms with Crippen molar-refractivity contribution >= 4 is 23.4 Å². The molecule has 33 heavy (non-hydrogen) atoms. The molecule has 1 aliphatic rings. The number of aromatic nitrogens is 3. The molecule has 0 aliphatic carbocycles. The molecule has 2 atom stereocenters. The topological polar surface area (TPSA) is 81.1 Å². The zero-order valence-corrected chi connectivity index (χ0v) is 19.0. The van der Waals surface area contributed by atoms with Crippen LogP contribution in [0.1, 0.15) is 17.2 Å². The maximum atomic E-state index is 13.4. The highest BCUT2D eigenvalue weighted by Crippen LogP contribution is 2.39. The second-order valence-electron chi connectivity index (χ2n) is 7.78. The highest BCUT2D eigenvalue weighted by molar-refractivity contribution is 8.00. The summed E-state index contributed by atoms with van der Waals surface area (Å²) in [6.07, 6.45) is 0. The molecule has 3 aromatic carbocycles. The Hall–Kier alpha value is -3.78. The van der Waals surface area contributed by atoms with Crippen molar-refractivity contribution in [2.45, 2.75) is 23.4 Å². The van der Waals surface area contributed by atoms with E-state index in [1.54, 1.807) is 13.2 Å². The molecule has 4 aromatic rings. The number of methoxy groups -OCH3 is 1. The lowest BCUT2D eigenvalue weighted by Gasteiger charge is -2.33. The van der Waals surface area contributed by atoms with Crippen molar-refractivity contribution in [3.05, 3.63) is 90.0 Å². The fourth-order valence-electron chi connectivity index (χ4n) is 3.77. The highest BCUT2D eigenvalue weighted by atomic mass is 32.2. The van der Waals surface area contributed by atoms with Crippen LogP contribution in [0.4, 0.5) is 5.69 Å². The molecule has 2 N–H and O–H groups in total. The van der Waals surface area contributed by atoms with Crippen LogP contribution in [-0.4, -0.2) is 33.1 Å². The van der Waals surface area contributed by atoms with E-state index >= 15 is 0 Å². The van der Waals surface area contributed by atoms with Gasteiger partial charge in [-0.25, -0.2) is 4.68 Å². The first kappa shape index (κ1) is 21.1. The van der Waals surface area contributed by atoms with Crippen molar-refractivity contribution in [1.82, 2.24) is 14.9 Å². The summed E-state index contributed by atoms with van der Waals surface area (Å²) in [4.78, 5) is 13.4. The van der Waals surface area contributed by atoms with Gasteiger partial charge in [-0.2, -0.15) is 0 Å². The minimum atomic E-state index is -0.459. The number of carbonyl (C=O) groups excluding carboxylic acids is 1. The van der Waals surface area contributed by atoms with Crippen LogP contribution in [0.2, 0.25) is 0 Å². The summed E-state index contributed by atoms with van der Waals surface area (Å²) in [6.45, 7) is 2.05. The molecule has 7 nitrogen and oxygen atoms in total. The maximum Gasteiger partial charge on any atom is 0.240 e. The zero-order valence-electron chi connectivity index (χ0n) is 18.2. The van der Waals surface area contributed by atoms with E-state index < -0.39 is 5.25 Å². The van der Waals surface area contributed by atoms with Crippen molar-refractivity contribution in [3.63, 3.8) is 0 Å². The summed E-state index contributed by atoms with van der Waals surface area (Å²) >= 11 is 1.40. The van der Waals surface area contributed by atoms with E-state index in [1.165, 1.54) is 11.8 Å². The summed E-state index contributed by atoms with van der Waals surface area (Å²) in [5.74, 6) is 1.27. The van der Waals surface area contributed by atoms with Crippen molar-refractivity contribution in [2.24, 2.45) is 0 Å². The Morgan fingerprint density at radius 3 is 2.58 bits per heavy atom. The molecule has 1 aromatic heterocycles. The molecule has 0 unspecified atom stereocenters. The summed E-state index contributed by atoms with van der Waals surface area (Å²) in [5.41, 5.74) is 7.31. The van der Waals surface area contributed by atoms with Gasteiger partial charge < -0.3 is 15.5 Å². The van der Waals surface area contributed by atoms with Gasteiger partial charge in [-0.15, -0.1) is 10.2 Å². The summed E-state index contributed by atoms with van der Waals surface area (Å²) in [6, 6.07) is 25.1. The Bertz CT molecular complexity index is 1270. The number of hydrogen-bond acceptors (Lipinski definition) is 6. The smallest absolute Gasteiger partial charge is 0.240 e. The SMILES string of the molecule is COc1cccc(NC(=O)[C@@H]2Sc3nnc(-c4ccccc4)n3N[C@H]2c2ccc(C)cc2)c1.